The minimum Gasteiger partial charge on any atom is -0.465 e. The number of amides is 3. The Bertz CT molecular complexity index is 3300. The lowest BCUT2D eigenvalue weighted by Crippen LogP contribution is -2.45. The molecular weight excluding hydrogens is 1050 g/mol. The van der Waals surface area contributed by atoms with E-state index in [0.29, 0.717) is 10.7 Å². The zero-order valence-corrected chi connectivity index (χ0v) is 39.9. The molecule has 2 unspecified atom stereocenters. The number of carbonyl (C=O) groups excluding carboxylic acids is 2. The quantitative estimate of drug-likeness (QED) is 0.0515. The number of hydrogen-bond acceptors (Lipinski definition) is 10. The first-order valence-electron chi connectivity index (χ1n) is 20.9. The van der Waals surface area contributed by atoms with Gasteiger partial charge < -0.3 is 15.7 Å². The molecule has 72 heavy (non-hydrogen) atoms. The highest BCUT2D eigenvalue weighted by Gasteiger charge is 2.68. The van der Waals surface area contributed by atoms with Crippen LogP contribution in [0.4, 0.5) is 48.7 Å². The standard InChI is InChI=1S/C43H37ClF10N8O8S2/c1-19(55-39(65)66)38(64)62(71(67)68)16-30-33-28(44)8-7-25(35(33)61(58-30)18-41(47,48)49)24-6-5-23(9-10-40(2,3)72(4,69)70)56-34(24)29(13-20-11-21(45)14-22(46)12-20)57-31(63)17-60-37-32(36(59-60)43(52,53)54)26-15-27(26)42(37,50)51/h5-8,11-12,14,19,26-27,29,55,71H,13,15-18H2,1-4H3,(H,57,63)(H,65,66)/t19?,26-,27+,29?/m0/s1. The van der Waals surface area contributed by atoms with E-state index < -0.39 is 163 Å². The van der Waals surface area contributed by atoms with Crippen molar-refractivity contribution in [2.24, 2.45) is 5.92 Å². The zero-order valence-electron chi connectivity index (χ0n) is 37.4. The van der Waals surface area contributed by atoms with Gasteiger partial charge in [-0.2, -0.15) is 45.3 Å². The number of carbonyl (C=O) groups is 3. The number of nitrogens with one attached hydrogen (secondary N) is 2. The van der Waals surface area contributed by atoms with Crippen LogP contribution in [-0.4, -0.2) is 91.9 Å². The fourth-order valence-corrected chi connectivity index (χ4v) is 9.37. The normalized spacial score (nSPS) is 17.2. The number of pyridine rings is 1. The minimum absolute atomic E-state index is 0.0896. The summed E-state index contributed by atoms with van der Waals surface area (Å²) in [4.78, 5) is 43.1. The Hall–Kier alpha value is -6.47. The maximum Gasteiger partial charge on any atom is 0.435 e. The molecule has 3 aromatic heterocycles. The van der Waals surface area contributed by atoms with Crippen LogP contribution in [0.5, 0.6) is 0 Å². The fraction of sp³-hybridized carbons (Fsp3) is 0.395. The Labute approximate surface area is 407 Å². The van der Waals surface area contributed by atoms with Crippen LogP contribution in [0.15, 0.2) is 42.5 Å². The molecule has 0 spiro atoms. The molecular formula is C43H37ClF10N8O8S2. The molecule has 2 aliphatic carbocycles. The van der Waals surface area contributed by atoms with Crippen LogP contribution in [0.2, 0.25) is 5.02 Å². The number of sulfone groups is 1. The van der Waals surface area contributed by atoms with Gasteiger partial charge in [-0.1, -0.05) is 23.6 Å². The molecule has 0 bridgehead atoms. The van der Waals surface area contributed by atoms with Crippen LogP contribution in [0, 0.1) is 29.4 Å². The van der Waals surface area contributed by atoms with E-state index in [4.69, 9.17) is 16.7 Å². The molecule has 2 aliphatic rings. The molecule has 386 valence electrons. The Kier molecular flexibility index (Phi) is 14.0. The summed E-state index contributed by atoms with van der Waals surface area (Å²) in [6.07, 6.45) is -12.2. The van der Waals surface area contributed by atoms with E-state index in [1.807, 2.05) is 0 Å². The largest absolute Gasteiger partial charge is 0.465 e. The summed E-state index contributed by atoms with van der Waals surface area (Å²) in [6, 6.07) is 3.10. The predicted octanol–water partition coefficient (Wildman–Crippen LogP) is 6.80. The number of aromatic nitrogens is 5. The second kappa shape index (κ2) is 18.9. The van der Waals surface area contributed by atoms with Crippen molar-refractivity contribution in [1.29, 1.82) is 0 Å². The van der Waals surface area contributed by atoms with E-state index in [0.717, 1.165) is 49.6 Å². The second-order valence-corrected chi connectivity index (χ2v) is 21.4. The lowest BCUT2D eigenvalue weighted by molar-refractivity contribution is -0.143. The van der Waals surface area contributed by atoms with Gasteiger partial charge >= 0.3 is 18.4 Å². The number of fused-ring (bicyclic) bond motifs is 4. The van der Waals surface area contributed by atoms with Gasteiger partial charge in [-0.25, -0.2) is 39.7 Å². The fourth-order valence-electron chi connectivity index (χ4n) is 8.29. The number of halogens is 11. The molecule has 0 saturated heterocycles. The molecule has 0 aliphatic heterocycles. The Morgan fingerprint density at radius 3 is 2.21 bits per heavy atom. The summed E-state index contributed by atoms with van der Waals surface area (Å²) >= 11 is 6.59. The van der Waals surface area contributed by atoms with Crippen molar-refractivity contribution in [1.82, 2.24) is 39.5 Å². The van der Waals surface area contributed by atoms with Gasteiger partial charge in [0.25, 0.3) is 11.8 Å². The first-order chi connectivity index (χ1) is 33.2. The first kappa shape index (κ1) is 53.3. The van der Waals surface area contributed by atoms with Gasteiger partial charge in [0.2, 0.25) is 16.8 Å². The molecule has 4 atom stereocenters. The monoisotopic (exact) mass is 1080 g/mol. The molecule has 1 fully saturated rings. The Balaban J connectivity index is 1.45. The summed E-state index contributed by atoms with van der Waals surface area (Å²) in [5, 5.41) is 19.8. The lowest BCUT2D eigenvalue weighted by atomic mass is 9.93. The third-order valence-corrected chi connectivity index (χ3v) is 14.9. The van der Waals surface area contributed by atoms with Crippen LogP contribution < -0.4 is 10.6 Å². The molecule has 3 amide bonds. The first-order valence-corrected chi connectivity index (χ1v) is 24.3. The third kappa shape index (κ3) is 10.8. The molecule has 29 heteroatoms. The smallest absolute Gasteiger partial charge is 0.435 e. The topological polar surface area (TPSA) is 216 Å². The maximum absolute atomic E-state index is 15.6. The highest BCUT2D eigenvalue weighted by atomic mass is 35.5. The van der Waals surface area contributed by atoms with Crippen LogP contribution >= 0.6 is 11.6 Å². The van der Waals surface area contributed by atoms with E-state index in [1.54, 1.807) is 5.32 Å². The van der Waals surface area contributed by atoms with E-state index in [2.05, 4.69) is 32.3 Å². The van der Waals surface area contributed by atoms with Gasteiger partial charge in [-0.05, 0) is 81.3 Å². The molecule has 7 rings (SSSR count). The van der Waals surface area contributed by atoms with Crippen molar-refractivity contribution in [2.75, 3.05) is 6.26 Å². The van der Waals surface area contributed by atoms with Gasteiger partial charge in [-0.3, -0.25) is 19.0 Å². The van der Waals surface area contributed by atoms with Crippen LogP contribution in [-0.2, 0) is 68.5 Å². The molecule has 5 aromatic rings. The molecule has 3 heterocycles. The molecule has 3 N–H and O–H groups in total. The average molecular weight is 1080 g/mol. The number of thiol groups is 1. The van der Waals surface area contributed by atoms with Crippen molar-refractivity contribution in [3.63, 3.8) is 0 Å². The van der Waals surface area contributed by atoms with Crippen molar-refractivity contribution in [2.45, 2.75) is 94.3 Å². The average Bonchev–Trinajstić information content (AvgIpc) is 3.75. The highest BCUT2D eigenvalue weighted by Crippen LogP contribution is 2.68. The van der Waals surface area contributed by atoms with E-state index in [-0.39, 0.29) is 42.8 Å². The minimum atomic E-state index is -5.23. The lowest BCUT2D eigenvalue weighted by Gasteiger charge is -2.23. The SMILES string of the molecule is CC(NC(=O)O)C(=O)N(Cc1nn(CC(F)(F)F)c2c(-c3ccc(C#CC(C)(C)S(C)(=O)=O)nc3C(Cc3cc(F)cc(F)c3)NC(=O)Cn3nc(C(F)(F)F)c4c3C(F)(F)[C@@H]3C[C@H]43)ccc(Cl)c12)[SH](=O)=O. The van der Waals surface area contributed by atoms with Gasteiger partial charge in [0.15, 0.2) is 15.5 Å². The number of hydrogen-bond donors (Lipinski definition) is 4. The highest BCUT2D eigenvalue weighted by molar-refractivity contribution is 7.92. The zero-order chi connectivity index (χ0) is 53.4. The Morgan fingerprint density at radius 1 is 0.986 bits per heavy atom. The number of alkyl halides is 8. The maximum atomic E-state index is 15.6. The van der Waals surface area contributed by atoms with E-state index in [9.17, 15) is 66.3 Å². The van der Waals surface area contributed by atoms with Gasteiger partial charge in [-0.15, -0.1) is 0 Å². The number of nitrogens with zero attached hydrogens (tertiary/aromatic N) is 6. The van der Waals surface area contributed by atoms with Crippen molar-refractivity contribution < 1.29 is 80.2 Å². The van der Waals surface area contributed by atoms with Gasteiger partial charge in [0, 0.05) is 40.3 Å². The third-order valence-electron chi connectivity index (χ3n) is 11.9. The molecule has 2 aromatic carbocycles. The summed E-state index contributed by atoms with van der Waals surface area (Å²) in [5.41, 5.74) is -6.33. The Morgan fingerprint density at radius 2 is 1.62 bits per heavy atom. The summed E-state index contributed by atoms with van der Waals surface area (Å²) in [7, 11) is -7.85. The van der Waals surface area contributed by atoms with E-state index in [1.165, 1.54) is 13.8 Å². The summed E-state index contributed by atoms with van der Waals surface area (Å²) < 4.78 is 195. The number of carboxylic acid groups (broad SMARTS) is 1. The molecule has 16 nitrogen and oxygen atoms in total. The molecule has 1 saturated carbocycles. The van der Waals surface area contributed by atoms with Gasteiger partial charge in [0.1, 0.15) is 46.9 Å². The second-order valence-electron chi connectivity index (χ2n) is 17.4. The van der Waals surface area contributed by atoms with Crippen molar-refractivity contribution in [3.8, 4) is 23.0 Å². The molecule has 0 radical (unpaired) electrons. The number of rotatable bonds is 14. The summed E-state index contributed by atoms with van der Waals surface area (Å²) in [5.74, 6) is -6.49. The summed E-state index contributed by atoms with van der Waals surface area (Å²) in [6.45, 7) is -0.919. The van der Waals surface area contributed by atoms with E-state index >= 15 is 8.78 Å². The van der Waals surface area contributed by atoms with Crippen LogP contribution in [0.3, 0.4) is 0 Å². The van der Waals surface area contributed by atoms with Crippen molar-refractivity contribution >= 4 is 61.1 Å². The number of benzene rings is 2. The van der Waals surface area contributed by atoms with Crippen molar-refractivity contribution in [3.05, 3.63) is 98.7 Å². The predicted molar refractivity (Wildman–Crippen MR) is 234 cm³/mol. The van der Waals surface area contributed by atoms with Crippen LogP contribution in [0.25, 0.3) is 22.0 Å². The van der Waals surface area contributed by atoms with Gasteiger partial charge in [0.05, 0.1) is 34.5 Å². The van der Waals surface area contributed by atoms with Crippen LogP contribution in [0.1, 0.15) is 78.7 Å².